The molecule has 4 nitrogen and oxygen atoms in total. The third-order valence-electron chi connectivity index (χ3n) is 6.19. The van der Waals surface area contributed by atoms with Crippen LogP contribution in [0.4, 0.5) is 4.39 Å². The molecule has 0 bridgehead atoms. The van der Waals surface area contributed by atoms with Crippen molar-refractivity contribution in [1.29, 1.82) is 0 Å². The van der Waals surface area contributed by atoms with Gasteiger partial charge in [-0.2, -0.15) is 0 Å². The first kappa shape index (κ1) is 27.5. The Kier molecular flexibility index (Phi) is 10.6. The van der Waals surface area contributed by atoms with Crippen molar-refractivity contribution in [3.8, 4) is 0 Å². The Morgan fingerprint density at radius 3 is 2.28 bits per heavy atom. The summed E-state index contributed by atoms with van der Waals surface area (Å²) in [7, 11) is 0. The van der Waals surface area contributed by atoms with Gasteiger partial charge in [-0.1, -0.05) is 85.3 Å². The zero-order valence-electron chi connectivity index (χ0n) is 21.2. The third-order valence-corrected chi connectivity index (χ3v) is 7.15. The van der Waals surface area contributed by atoms with E-state index in [4.69, 9.17) is 0 Å². The van der Waals surface area contributed by atoms with Gasteiger partial charge in [-0.05, 0) is 43.0 Å². The van der Waals surface area contributed by atoms with Gasteiger partial charge in [-0.25, -0.2) is 4.39 Å². The number of nitrogens with one attached hydrogen (secondary N) is 1. The quantitative estimate of drug-likeness (QED) is 0.332. The van der Waals surface area contributed by atoms with Crippen LogP contribution >= 0.6 is 11.8 Å². The lowest BCUT2D eigenvalue weighted by Crippen LogP contribution is -2.52. The molecular weight excluding hydrogens is 471 g/mol. The Morgan fingerprint density at radius 1 is 0.944 bits per heavy atom. The molecule has 190 valence electrons. The van der Waals surface area contributed by atoms with E-state index < -0.39 is 6.04 Å². The van der Waals surface area contributed by atoms with Crippen molar-refractivity contribution in [3.05, 3.63) is 107 Å². The second-order valence-electron chi connectivity index (χ2n) is 9.11. The summed E-state index contributed by atoms with van der Waals surface area (Å²) in [6.07, 6.45) is 1.22. The van der Waals surface area contributed by atoms with E-state index >= 15 is 0 Å². The maximum absolute atomic E-state index is 14.1. The number of amides is 2. The molecule has 0 aliphatic rings. The van der Waals surface area contributed by atoms with Crippen LogP contribution < -0.4 is 5.32 Å². The van der Waals surface area contributed by atoms with Crippen LogP contribution in [0.25, 0.3) is 0 Å². The Balaban J connectivity index is 1.85. The van der Waals surface area contributed by atoms with Gasteiger partial charge in [0.1, 0.15) is 11.9 Å². The Hall–Kier alpha value is -3.12. The molecular formula is C30H35FN2O2S. The molecule has 0 aliphatic heterocycles. The highest BCUT2D eigenvalue weighted by atomic mass is 32.2. The Morgan fingerprint density at radius 2 is 1.61 bits per heavy atom. The largest absolute Gasteiger partial charge is 0.352 e. The summed E-state index contributed by atoms with van der Waals surface area (Å²) in [5.74, 6) is -0.0323. The second-order valence-corrected chi connectivity index (χ2v) is 10.1. The summed E-state index contributed by atoms with van der Waals surface area (Å²) in [5.41, 5.74) is 3.65. The van der Waals surface area contributed by atoms with Crippen LogP contribution in [0.2, 0.25) is 0 Å². The molecule has 0 saturated carbocycles. The van der Waals surface area contributed by atoms with E-state index in [-0.39, 0.29) is 29.4 Å². The van der Waals surface area contributed by atoms with Gasteiger partial charge in [0.2, 0.25) is 11.8 Å². The van der Waals surface area contributed by atoms with Crippen molar-refractivity contribution in [3.63, 3.8) is 0 Å². The number of carbonyl (C=O) groups excluding carboxylic acids is 2. The lowest BCUT2D eigenvalue weighted by molar-refractivity contribution is -0.139. The molecule has 0 unspecified atom stereocenters. The van der Waals surface area contributed by atoms with Gasteiger partial charge in [0, 0.05) is 24.8 Å². The maximum Gasteiger partial charge on any atom is 0.243 e. The summed E-state index contributed by atoms with van der Waals surface area (Å²) in [5, 5.41) is 3.08. The van der Waals surface area contributed by atoms with Gasteiger partial charge in [0.15, 0.2) is 0 Å². The minimum atomic E-state index is -0.663. The summed E-state index contributed by atoms with van der Waals surface area (Å²) in [6.45, 7) is 6.33. The van der Waals surface area contributed by atoms with Crippen LogP contribution in [0.5, 0.6) is 0 Å². The molecule has 1 N–H and O–H groups in total. The van der Waals surface area contributed by atoms with Gasteiger partial charge in [0.05, 0.1) is 5.75 Å². The van der Waals surface area contributed by atoms with E-state index in [1.165, 1.54) is 17.8 Å². The van der Waals surface area contributed by atoms with Crippen molar-refractivity contribution in [1.82, 2.24) is 10.2 Å². The molecule has 36 heavy (non-hydrogen) atoms. The van der Waals surface area contributed by atoms with E-state index in [0.29, 0.717) is 24.3 Å². The number of benzene rings is 3. The van der Waals surface area contributed by atoms with Gasteiger partial charge >= 0.3 is 0 Å². The molecule has 0 saturated heterocycles. The number of carbonyl (C=O) groups is 2. The molecule has 0 aliphatic carbocycles. The molecule has 0 aromatic heterocycles. The number of rotatable bonds is 12. The molecule has 0 fully saturated rings. The molecule has 6 heteroatoms. The van der Waals surface area contributed by atoms with E-state index in [2.05, 4.69) is 5.32 Å². The first-order valence-electron chi connectivity index (χ1n) is 12.4. The van der Waals surface area contributed by atoms with Crippen LogP contribution in [-0.2, 0) is 28.3 Å². The standard InChI is InChI=1S/C30H35FN2O2S/c1-4-23(3)32-30(35)28(18-24-10-6-5-7-11-24)33(19-25-16-14-22(2)15-17-25)29(34)21-36-20-26-12-8-9-13-27(26)31/h5-17,23,28H,4,18-21H2,1-3H3,(H,32,35)/t23-,28-/m1/s1. The van der Waals surface area contributed by atoms with Crippen molar-refractivity contribution in [2.24, 2.45) is 0 Å². The highest BCUT2D eigenvalue weighted by Crippen LogP contribution is 2.20. The number of nitrogens with zero attached hydrogens (tertiary/aromatic N) is 1. The molecule has 2 atom stereocenters. The van der Waals surface area contributed by atoms with Crippen LogP contribution in [0.3, 0.4) is 0 Å². The molecule has 0 radical (unpaired) electrons. The van der Waals surface area contributed by atoms with Crippen molar-refractivity contribution in [2.75, 3.05) is 5.75 Å². The topological polar surface area (TPSA) is 49.4 Å². The number of hydrogen-bond acceptors (Lipinski definition) is 3. The lowest BCUT2D eigenvalue weighted by atomic mass is 10.0. The third kappa shape index (κ3) is 8.23. The molecule has 0 heterocycles. The summed E-state index contributed by atoms with van der Waals surface area (Å²) < 4.78 is 14.1. The maximum atomic E-state index is 14.1. The number of hydrogen-bond donors (Lipinski definition) is 1. The zero-order chi connectivity index (χ0) is 25.9. The zero-order valence-corrected chi connectivity index (χ0v) is 22.1. The average molecular weight is 507 g/mol. The van der Waals surface area contributed by atoms with E-state index in [1.54, 1.807) is 23.1 Å². The predicted molar refractivity (Wildman–Crippen MR) is 146 cm³/mol. The normalized spacial score (nSPS) is 12.6. The van der Waals surface area contributed by atoms with Crippen molar-refractivity contribution in [2.45, 2.75) is 58.0 Å². The molecule has 0 spiro atoms. The van der Waals surface area contributed by atoms with Crippen molar-refractivity contribution >= 4 is 23.6 Å². The van der Waals surface area contributed by atoms with Crippen LogP contribution in [0.1, 0.15) is 42.5 Å². The number of halogens is 1. The molecule has 2 amide bonds. The van der Waals surface area contributed by atoms with Crippen LogP contribution in [-0.4, -0.2) is 34.6 Å². The Labute approximate surface area is 218 Å². The fourth-order valence-electron chi connectivity index (χ4n) is 3.83. The minimum Gasteiger partial charge on any atom is -0.352 e. The van der Waals surface area contributed by atoms with E-state index in [9.17, 15) is 14.0 Å². The fourth-order valence-corrected chi connectivity index (χ4v) is 4.73. The first-order valence-corrected chi connectivity index (χ1v) is 13.5. The summed E-state index contributed by atoms with van der Waals surface area (Å²) in [6, 6.07) is 23.7. The smallest absolute Gasteiger partial charge is 0.243 e. The monoisotopic (exact) mass is 506 g/mol. The predicted octanol–water partition coefficient (Wildman–Crippen LogP) is 5.92. The molecule has 3 rings (SSSR count). The van der Waals surface area contributed by atoms with Gasteiger partial charge in [-0.15, -0.1) is 11.8 Å². The lowest BCUT2D eigenvalue weighted by Gasteiger charge is -2.32. The van der Waals surface area contributed by atoms with E-state index in [0.717, 1.165) is 23.1 Å². The second kappa shape index (κ2) is 13.8. The minimum absolute atomic E-state index is 0.00234. The molecule has 3 aromatic carbocycles. The van der Waals surface area contributed by atoms with Crippen molar-refractivity contribution < 1.29 is 14.0 Å². The van der Waals surface area contributed by atoms with Crippen LogP contribution in [0.15, 0.2) is 78.9 Å². The van der Waals surface area contributed by atoms with E-state index in [1.807, 2.05) is 75.4 Å². The highest BCUT2D eigenvalue weighted by Gasteiger charge is 2.30. The number of aryl methyl sites for hydroxylation is 1. The molecule has 3 aromatic rings. The van der Waals surface area contributed by atoms with Gasteiger partial charge in [-0.3, -0.25) is 9.59 Å². The highest BCUT2D eigenvalue weighted by molar-refractivity contribution is 7.99. The summed E-state index contributed by atoms with van der Waals surface area (Å²) >= 11 is 1.36. The number of thioether (sulfide) groups is 1. The van der Waals surface area contributed by atoms with Crippen LogP contribution in [0, 0.1) is 12.7 Å². The van der Waals surface area contributed by atoms with Gasteiger partial charge in [0.25, 0.3) is 0 Å². The van der Waals surface area contributed by atoms with Gasteiger partial charge < -0.3 is 10.2 Å². The summed E-state index contributed by atoms with van der Waals surface area (Å²) in [4.78, 5) is 28.8. The average Bonchev–Trinajstić information content (AvgIpc) is 2.88. The fraction of sp³-hybridized carbons (Fsp3) is 0.333. The SMILES string of the molecule is CC[C@@H](C)NC(=O)[C@@H](Cc1ccccc1)N(Cc1ccc(C)cc1)C(=O)CSCc1ccccc1F. The first-order chi connectivity index (χ1) is 17.4. The Bertz CT molecular complexity index is 1120.